The lowest BCUT2D eigenvalue weighted by Crippen LogP contribution is -2.41. The molecule has 1 N–H and O–H groups in total. The molecule has 0 aliphatic carbocycles. The zero-order chi connectivity index (χ0) is 29.0. The number of hydrogen-bond donors (Lipinski definition) is 1. The molecular formula is C32H30N4O4S. The van der Waals surface area contributed by atoms with E-state index in [1.807, 2.05) is 60.7 Å². The van der Waals surface area contributed by atoms with Crippen LogP contribution in [-0.4, -0.2) is 51.5 Å². The first kappa shape index (κ1) is 27.8. The lowest BCUT2D eigenvalue weighted by atomic mass is 9.90. The largest absolute Gasteiger partial charge is 0.347 e. The third-order valence-corrected chi connectivity index (χ3v) is 8.54. The van der Waals surface area contributed by atoms with Crippen molar-refractivity contribution in [2.24, 2.45) is 4.99 Å². The minimum Gasteiger partial charge on any atom is -0.347 e. The van der Waals surface area contributed by atoms with Crippen LogP contribution in [0.1, 0.15) is 22.6 Å². The molecular weight excluding hydrogens is 536 g/mol. The van der Waals surface area contributed by atoms with Crippen molar-refractivity contribution in [2.75, 3.05) is 30.3 Å². The lowest BCUT2D eigenvalue weighted by molar-refractivity contribution is -0.127. The summed E-state index contributed by atoms with van der Waals surface area (Å²) in [5, 5.41) is 2.94. The van der Waals surface area contributed by atoms with E-state index in [0.29, 0.717) is 22.6 Å². The highest BCUT2D eigenvalue weighted by Crippen LogP contribution is 2.36. The minimum atomic E-state index is -3.89. The number of benzene rings is 4. The van der Waals surface area contributed by atoms with Gasteiger partial charge in [0.25, 0.3) is 0 Å². The second-order valence-corrected chi connectivity index (χ2v) is 11.8. The van der Waals surface area contributed by atoms with E-state index < -0.39 is 15.9 Å². The maximum atomic E-state index is 13.5. The molecule has 1 atom stereocenters. The average Bonchev–Trinajstić information content (AvgIpc) is 3.31. The molecule has 5 rings (SSSR count). The Morgan fingerprint density at radius 1 is 0.829 bits per heavy atom. The maximum absolute atomic E-state index is 13.5. The zero-order valence-electron chi connectivity index (χ0n) is 22.8. The number of carbonyl (C=O) groups is 2. The Morgan fingerprint density at radius 3 is 2.10 bits per heavy atom. The summed E-state index contributed by atoms with van der Waals surface area (Å²) in [5.74, 6) is -1.36. The number of fused-ring (bicyclic) bond motifs is 1. The van der Waals surface area contributed by atoms with E-state index in [0.717, 1.165) is 21.1 Å². The van der Waals surface area contributed by atoms with Crippen molar-refractivity contribution in [3.8, 4) is 0 Å². The summed E-state index contributed by atoms with van der Waals surface area (Å²) in [6.07, 6.45) is 0. The number of carbonyl (C=O) groups excluding carboxylic acids is 2. The molecule has 1 heterocycles. The Hall–Kier alpha value is -4.76. The summed E-state index contributed by atoms with van der Waals surface area (Å²) in [7, 11) is -0.717. The Morgan fingerprint density at radius 2 is 1.44 bits per heavy atom. The zero-order valence-corrected chi connectivity index (χ0v) is 23.6. The highest BCUT2D eigenvalue weighted by Gasteiger charge is 2.35. The van der Waals surface area contributed by atoms with Crippen molar-refractivity contribution in [1.82, 2.24) is 4.90 Å². The van der Waals surface area contributed by atoms with E-state index >= 15 is 0 Å². The first-order valence-corrected chi connectivity index (χ1v) is 14.7. The van der Waals surface area contributed by atoms with Gasteiger partial charge in [0.05, 0.1) is 22.8 Å². The second-order valence-electron chi connectivity index (χ2n) is 9.93. The molecule has 1 aliphatic heterocycles. The molecule has 8 nitrogen and oxygen atoms in total. The summed E-state index contributed by atoms with van der Waals surface area (Å²) >= 11 is 0. The van der Waals surface area contributed by atoms with Crippen molar-refractivity contribution in [3.63, 3.8) is 0 Å². The van der Waals surface area contributed by atoms with Crippen LogP contribution >= 0.6 is 0 Å². The number of amides is 2. The van der Waals surface area contributed by atoms with Gasteiger partial charge in [0, 0.05) is 19.8 Å². The average molecular weight is 567 g/mol. The fourth-order valence-electron chi connectivity index (χ4n) is 4.69. The van der Waals surface area contributed by atoms with Gasteiger partial charge in [-0.1, -0.05) is 78.9 Å². The van der Waals surface area contributed by atoms with Crippen LogP contribution in [0.25, 0.3) is 0 Å². The summed E-state index contributed by atoms with van der Waals surface area (Å²) < 4.78 is 28.2. The van der Waals surface area contributed by atoms with Crippen LogP contribution in [0.15, 0.2) is 114 Å². The van der Waals surface area contributed by atoms with Gasteiger partial charge < -0.3 is 10.2 Å². The number of hydrogen-bond acceptors (Lipinski definition) is 5. The van der Waals surface area contributed by atoms with Gasteiger partial charge in [0.1, 0.15) is 12.5 Å². The van der Waals surface area contributed by atoms with Gasteiger partial charge in [-0.05, 0) is 47.0 Å². The number of anilines is 2. The number of rotatable bonds is 9. The minimum absolute atomic E-state index is 0.161. The summed E-state index contributed by atoms with van der Waals surface area (Å²) in [4.78, 5) is 32.0. The molecule has 9 heteroatoms. The van der Waals surface area contributed by atoms with Gasteiger partial charge in [-0.15, -0.1) is 0 Å². The molecule has 1 aliphatic rings. The van der Waals surface area contributed by atoms with Crippen molar-refractivity contribution in [2.45, 2.75) is 11.7 Å². The molecule has 0 fully saturated rings. The Kier molecular flexibility index (Phi) is 7.98. The van der Waals surface area contributed by atoms with Crippen LogP contribution in [0.2, 0.25) is 0 Å². The molecule has 0 saturated heterocycles. The Bertz CT molecular complexity index is 1690. The van der Waals surface area contributed by atoms with Gasteiger partial charge >= 0.3 is 0 Å². The quantitative estimate of drug-likeness (QED) is 0.289. The van der Waals surface area contributed by atoms with Crippen LogP contribution in [-0.2, 0) is 25.4 Å². The smallest absolute Gasteiger partial charge is 0.242 e. The third-order valence-electron chi connectivity index (χ3n) is 6.83. The first-order valence-electron chi connectivity index (χ1n) is 13.1. The maximum Gasteiger partial charge on any atom is 0.242 e. The van der Waals surface area contributed by atoms with Crippen molar-refractivity contribution in [3.05, 3.63) is 126 Å². The molecule has 208 valence electrons. The Balaban J connectivity index is 1.52. The van der Waals surface area contributed by atoms with E-state index in [9.17, 15) is 18.0 Å². The Labute approximate surface area is 240 Å². The van der Waals surface area contributed by atoms with Crippen LogP contribution in [0.5, 0.6) is 0 Å². The number of likely N-dealkylation sites (N-methyl/N-ethyl adjacent to an activating group) is 1. The number of nitrogens with zero attached hydrogens (tertiary/aromatic N) is 3. The molecule has 0 spiro atoms. The number of nitrogens with one attached hydrogen (secondary N) is 1. The van der Waals surface area contributed by atoms with Gasteiger partial charge in [-0.3, -0.25) is 18.9 Å². The monoisotopic (exact) mass is 566 g/mol. The van der Waals surface area contributed by atoms with Crippen molar-refractivity contribution < 1.29 is 18.0 Å². The van der Waals surface area contributed by atoms with Gasteiger partial charge in [-0.25, -0.2) is 8.42 Å². The highest BCUT2D eigenvalue weighted by atomic mass is 32.2. The van der Waals surface area contributed by atoms with Gasteiger partial charge in [-0.2, -0.15) is 0 Å². The molecule has 0 radical (unpaired) electrons. The molecule has 1 unspecified atom stereocenters. The van der Waals surface area contributed by atoms with Crippen LogP contribution < -0.4 is 9.62 Å². The van der Waals surface area contributed by atoms with Crippen molar-refractivity contribution >= 4 is 44.6 Å². The van der Waals surface area contributed by atoms with E-state index in [-0.39, 0.29) is 24.1 Å². The summed E-state index contributed by atoms with van der Waals surface area (Å²) in [5.41, 5.74) is 4.50. The van der Waals surface area contributed by atoms with E-state index in [4.69, 9.17) is 4.99 Å². The number of aliphatic imine (C=N–C) groups is 1. The van der Waals surface area contributed by atoms with E-state index in [1.54, 1.807) is 62.6 Å². The third kappa shape index (κ3) is 6.20. The molecule has 0 aromatic heterocycles. The first-order chi connectivity index (χ1) is 19.7. The summed E-state index contributed by atoms with van der Waals surface area (Å²) in [6, 6.07) is 32.6. The molecule has 41 heavy (non-hydrogen) atoms. The van der Waals surface area contributed by atoms with Crippen LogP contribution in [0.4, 0.5) is 17.1 Å². The van der Waals surface area contributed by atoms with Crippen LogP contribution in [0, 0.1) is 0 Å². The van der Waals surface area contributed by atoms with Gasteiger partial charge in [0.2, 0.25) is 21.8 Å². The standard InChI is InChI=1S/C32H30N4O4S/c1-35(2)29(37)21-36(41(39,40)22-23-11-5-3-6-12-23)26-19-17-25(18-20-26)33-31(24-13-7-4-8-14-24)30-27-15-9-10-16-28(27)34-32(30)38/h3-20,30H,21-22H2,1-2H3,(H,34,38). The molecule has 2 amide bonds. The fourth-order valence-corrected chi connectivity index (χ4v) is 6.21. The normalized spacial score (nSPS) is 14.7. The molecule has 0 bridgehead atoms. The van der Waals surface area contributed by atoms with Crippen molar-refractivity contribution in [1.29, 1.82) is 0 Å². The number of sulfonamides is 1. The number of para-hydroxylation sites is 1. The predicted octanol–water partition coefficient (Wildman–Crippen LogP) is 4.97. The topological polar surface area (TPSA) is 99.2 Å². The SMILES string of the molecule is CN(C)C(=O)CN(c1ccc(N=C(c2ccccc2)C2C(=O)Nc3ccccc32)cc1)S(=O)(=O)Cc1ccccc1. The molecule has 4 aromatic rings. The molecule has 0 saturated carbocycles. The predicted molar refractivity (Wildman–Crippen MR) is 162 cm³/mol. The van der Waals surface area contributed by atoms with Crippen LogP contribution in [0.3, 0.4) is 0 Å². The lowest BCUT2D eigenvalue weighted by Gasteiger charge is -2.25. The summed E-state index contributed by atoms with van der Waals surface area (Å²) in [6.45, 7) is -0.334. The van der Waals surface area contributed by atoms with Gasteiger partial charge in [0.15, 0.2) is 0 Å². The second kappa shape index (κ2) is 11.8. The van der Waals surface area contributed by atoms with E-state index in [1.165, 1.54) is 4.90 Å². The fraction of sp³-hybridized carbons (Fsp3) is 0.156. The molecule has 4 aromatic carbocycles. The van der Waals surface area contributed by atoms with E-state index in [2.05, 4.69) is 5.32 Å². The highest BCUT2D eigenvalue weighted by molar-refractivity contribution is 7.92.